The molecule has 1 rings (SSSR count). The van der Waals surface area contributed by atoms with Gasteiger partial charge in [0.2, 0.25) is 0 Å². The summed E-state index contributed by atoms with van der Waals surface area (Å²) in [5.74, 6) is 0.663. The van der Waals surface area contributed by atoms with E-state index in [1.54, 1.807) is 12.3 Å². The number of ether oxygens (including phenoxy) is 1. The summed E-state index contributed by atoms with van der Waals surface area (Å²) in [6.45, 7) is 3.90. The molecule has 1 aromatic carbocycles. The summed E-state index contributed by atoms with van der Waals surface area (Å²) in [6, 6.07) is 5.44. The van der Waals surface area contributed by atoms with Gasteiger partial charge in [0, 0.05) is 0 Å². The van der Waals surface area contributed by atoms with Gasteiger partial charge in [0.25, 0.3) is 0 Å². The Morgan fingerprint density at radius 3 is 2.78 bits per heavy atom. The van der Waals surface area contributed by atoms with Gasteiger partial charge < -0.3 is 10.5 Å². The van der Waals surface area contributed by atoms with Gasteiger partial charge in [-0.1, -0.05) is 23.4 Å². The highest BCUT2D eigenvalue weighted by Crippen LogP contribution is 2.25. The molecule has 4 nitrogen and oxygen atoms in total. The van der Waals surface area contributed by atoms with Gasteiger partial charge in [-0.15, -0.1) is 5.10 Å². The summed E-state index contributed by atoms with van der Waals surface area (Å²) in [5, 5.41) is 8.62. The van der Waals surface area contributed by atoms with Crippen LogP contribution in [-0.4, -0.2) is 23.7 Å². The van der Waals surface area contributed by atoms with Gasteiger partial charge >= 0.3 is 0 Å². The Morgan fingerprint density at radius 1 is 1.50 bits per heavy atom. The second-order valence-electron chi connectivity index (χ2n) is 3.74. The third-order valence-electron chi connectivity index (χ3n) is 1.89. The van der Waals surface area contributed by atoms with Crippen LogP contribution >= 0.6 is 23.4 Å². The van der Waals surface area contributed by atoms with E-state index in [0.717, 1.165) is 5.56 Å². The number of hydrogen-bond acceptors (Lipinski definition) is 4. The minimum atomic E-state index is 0.0907. The Labute approximate surface area is 116 Å². The van der Waals surface area contributed by atoms with Gasteiger partial charge in [-0.3, -0.25) is 0 Å². The van der Waals surface area contributed by atoms with Gasteiger partial charge in [-0.25, -0.2) is 0 Å². The van der Waals surface area contributed by atoms with Crippen molar-refractivity contribution >= 4 is 34.7 Å². The molecule has 0 amide bonds. The van der Waals surface area contributed by atoms with Crippen LogP contribution < -0.4 is 10.5 Å². The van der Waals surface area contributed by atoms with Crippen LogP contribution in [0.4, 0.5) is 0 Å². The zero-order valence-electron chi connectivity index (χ0n) is 10.6. The van der Waals surface area contributed by atoms with E-state index in [-0.39, 0.29) is 6.10 Å². The molecule has 0 heterocycles. The fraction of sp³-hybridized carbons (Fsp3) is 0.333. The number of benzene rings is 1. The lowest BCUT2D eigenvalue weighted by Crippen LogP contribution is -2.06. The average molecular weight is 286 g/mol. The molecule has 18 heavy (non-hydrogen) atoms. The molecule has 0 unspecified atom stereocenters. The Hall–Kier alpha value is -1.20. The first-order valence-electron chi connectivity index (χ1n) is 5.39. The lowest BCUT2D eigenvalue weighted by Gasteiger charge is -2.11. The van der Waals surface area contributed by atoms with Crippen molar-refractivity contribution in [2.45, 2.75) is 20.0 Å². The predicted molar refractivity (Wildman–Crippen MR) is 79.9 cm³/mol. The third-order valence-corrected chi connectivity index (χ3v) is 2.69. The van der Waals surface area contributed by atoms with E-state index in [1.165, 1.54) is 11.8 Å². The molecule has 0 saturated carbocycles. The minimum Gasteiger partial charge on any atom is -0.489 e. The molecule has 2 N–H and O–H groups in total. The molecule has 0 aliphatic carbocycles. The summed E-state index contributed by atoms with van der Waals surface area (Å²) >= 11 is 7.43. The summed E-state index contributed by atoms with van der Waals surface area (Å²) < 4.78 is 5.53. The lowest BCUT2D eigenvalue weighted by molar-refractivity contribution is 0.242. The first-order valence-corrected chi connectivity index (χ1v) is 7.00. The number of nitrogens with zero attached hydrogens (tertiary/aromatic N) is 2. The van der Waals surface area contributed by atoms with Crippen molar-refractivity contribution in [1.82, 2.24) is 0 Å². The van der Waals surface area contributed by atoms with Crippen molar-refractivity contribution in [2.24, 2.45) is 15.9 Å². The van der Waals surface area contributed by atoms with E-state index in [4.69, 9.17) is 22.1 Å². The maximum Gasteiger partial charge on any atom is 0.180 e. The van der Waals surface area contributed by atoms with E-state index in [0.29, 0.717) is 15.9 Å². The maximum absolute atomic E-state index is 6.09. The van der Waals surface area contributed by atoms with E-state index < -0.39 is 0 Å². The summed E-state index contributed by atoms with van der Waals surface area (Å²) in [4.78, 5) is 0. The molecule has 0 radical (unpaired) electrons. The molecule has 6 heteroatoms. The highest BCUT2D eigenvalue weighted by Gasteiger charge is 2.03. The highest BCUT2D eigenvalue weighted by molar-refractivity contribution is 8.13. The van der Waals surface area contributed by atoms with Crippen molar-refractivity contribution in [2.75, 3.05) is 6.26 Å². The van der Waals surface area contributed by atoms with Gasteiger partial charge in [0.05, 0.1) is 17.3 Å². The van der Waals surface area contributed by atoms with E-state index >= 15 is 0 Å². The van der Waals surface area contributed by atoms with Crippen LogP contribution in [0.15, 0.2) is 28.4 Å². The second-order valence-corrected chi connectivity index (χ2v) is 4.98. The van der Waals surface area contributed by atoms with Gasteiger partial charge in [-0.2, -0.15) is 5.10 Å². The fourth-order valence-electron chi connectivity index (χ4n) is 1.14. The molecule has 98 valence electrons. The van der Waals surface area contributed by atoms with Crippen molar-refractivity contribution in [1.29, 1.82) is 0 Å². The molecule has 0 aromatic heterocycles. The van der Waals surface area contributed by atoms with Gasteiger partial charge in [0.1, 0.15) is 5.75 Å². The van der Waals surface area contributed by atoms with Crippen LogP contribution in [0.25, 0.3) is 0 Å². The number of thioether (sulfide) groups is 1. The molecular formula is C12H16ClN3OS. The molecular weight excluding hydrogens is 270 g/mol. The molecule has 0 aliphatic heterocycles. The lowest BCUT2D eigenvalue weighted by atomic mass is 10.2. The highest BCUT2D eigenvalue weighted by atomic mass is 35.5. The van der Waals surface area contributed by atoms with E-state index in [1.807, 2.05) is 32.2 Å². The Kier molecular flexibility index (Phi) is 6.01. The zero-order valence-corrected chi connectivity index (χ0v) is 12.1. The van der Waals surface area contributed by atoms with Crippen LogP contribution in [0.5, 0.6) is 5.75 Å². The minimum absolute atomic E-state index is 0.0907. The molecule has 1 aromatic rings. The SMILES string of the molecule is CS/C(N)=N/N=C\c1ccc(OC(C)C)c(Cl)c1. The van der Waals surface area contributed by atoms with Crippen molar-refractivity contribution in [3.05, 3.63) is 28.8 Å². The first-order chi connectivity index (χ1) is 8.52. The summed E-state index contributed by atoms with van der Waals surface area (Å²) in [7, 11) is 0. The molecule has 0 saturated heterocycles. The van der Waals surface area contributed by atoms with Crippen molar-refractivity contribution in [3.8, 4) is 5.75 Å². The predicted octanol–water partition coefficient (Wildman–Crippen LogP) is 3.14. The Balaban J connectivity index is 2.78. The summed E-state index contributed by atoms with van der Waals surface area (Å²) in [5.41, 5.74) is 6.34. The van der Waals surface area contributed by atoms with Crippen LogP contribution in [0.1, 0.15) is 19.4 Å². The van der Waals surface area contributed by atoms with Gasteiger partial charge in [0.15, 0.2) is 5.17 Å². The Bertz CT molecular complexity index is 461. The molecule has 0 fully saturated rings. The van der Waals surface area contributed by atoms with Crippen molar-refractivity contribution < 1.29 is 4.74 Å². The topological polar surface area (TPSA) is 60.0 Å². The number of amidine groups is 1. The second kappa shape index (κ2) is 7.28. The molecule has 0 atom stereocenters. The standard InChI is InChI=1S/C12H16ClN3OS/c1-8(2)17-11-5-4-9(6-10(11)13)7-15-16-12(14)18-3/h4-8H,1-3H3,(H2,14,16)/b15-7-. The van der Waals surface area contributed by atoms with Crippen LogP contribution in [-0.2, 0) is 0 Å². The van der Waals surface area contributed by atoms with E-state index in [9.17, 15) is 0 Å². The zero-order chi connectivity index (χ0) is 13.5. The van der Waals surface area contributed by atoms with E-state index in [2.05, 4.69) is 10.2 Å². The molecule has 0 aliphatic rings. The number of hydrogen-bond donors (Lipinski definition) is 1. The number of rotatable bonds is 4. The smallest absolute Gasteiger partial charge is 0.180 e. The monoisotopic (exact) mass is 285 g/mol. The largest absolute Gasteiger partial charge is 0.489 e. The van der Waals surface area contributed by atoms with Crippen molar-refractivity contribution in [3.63, 3.8) is 0 Å². The van der Waals surface area contributed by atoms with Crippen LogP contribution in [0, 0.1) is 0 Å². The maximum atomic E-state index is 6.09. The first kappa shape index (κ1) is 14.9. The fourth-order valence-corrected chi connectivity index (χ4v) is 1.50. The normalized spacial score (nSPS) is 12.4. The Morgan fingerprint density at radius 2 is 2.22 bits per heavy atom. The quantitative estimate of drug-likeness (QED) is 0.525. The number of nitrogens with two attached hydrogens (primary N) is 1. The van der Waals surface area contributed by atoms with Crippen LogP contribution in [0.3, 0.4) is 0 Å². The molecule has 0 spiro atoms. The third kappa shape index (κ3) is 4.98. The molecule has 0 bridgehead atoms. The number of halogens is 1. The summed E-state index contributed by atoms with van der Waals surface area (Å²) in [6.07, 6.45) is 3.52. The average Bonchev–Trinajstić information content (AvgIpc) is 2.32. The van der Waals surface area contributed by atoms with Gasteiger partial charge in [-0.05, 0) is 43.9 Å². The van der Waals surface area contributed by atoms with Crippen LogP contribution in [0.2, 0.25) is 5.02 Å².